The summed E-state index contributed by atoms with van der Waals surface area (Å²) in [5, 5.41) is 4.22. The average molecular weight is 259 g/mol. The highest BCUT2D eigenvalue weighted by molar-refractivity contribution is 5.72. The van der Waals surface area contributed by atoms with Gasteiger partial charge in [-0.2, -0.15) is 5.10 Å². The molecule has 0 amide bonds. The van der Waals surface area contributed by atoms with Crippen molar-refractivity contribution in [3.8, 4) is 0 Å². The molecule has 19 heavy (non-hydrogen) atoms. The van der Waals surface area contributed by atoms with Crippen LogP contribution in [0.15, 0.2) is 30.5 Å². The molecule has 0 aliphatic heterocycles. The number of hydrogen-bond donors (Lipinski definition) is 1. The summed E-state index contributed by atoms with van der Waals surface area (Å²) in [6.45, 7) is 2.50. The third-order valence-corrected chi connectivity index (χ3v) is 3.00. The van der Waals surface area contributed by atoms with Crippen molar-refractivity contribution in [2.45, 2.75) is 19.9 Å². The molecule has 0 atom stereocenters. The van der Waals surface area contributed by atoms with Gasteiger partial charge in [0.15, 0.2) is 0 Å². The summed E-state index contributed by atoms with van der Waals surface area (Å²) in [4.78, 5) is 11.4. The van der Waals surface area contributed by atoms with Crippen LogP contribution in [0.3, 0.4) is 0 Å². The highest BCUT2D eigenvalue weighted by Gasteiger charge is 2.09. The molecular weight excluding hydrogens is 242 g/mol. The maximum absolute atomic E-state index is 11.4. The number of benzene rings is 1. The lowest BCUT2D eigenvalue weighted by Crippen LogP contribution is -2.09. The average Bonchev–Trinajstić information content (AvgIpc) is 2.70. The number of methoxy groups -OCH3 is 1. The van der Waals surface area contributed by atoms with E-state index in [2.05, 4.69) is 5.10 Å². The van der Waals surface area contributed by atoms with Gasteiger partial charge < -0.3 is 10.5 Å². The Morgan fingerprint density at radius 3 is 2.63 bits per heavy atom. The molecule has 0 spiro atoms. The molecule has 2 N–H and O–H groups in total. The summed E-state index contributed by atoms with van der Waals surface area (Å²) in [6, 6.07) is 7.75. The van der Waals surface area contributed by atoms with Crippen LogP contribution in [0.1, 0.15) is 16.7 Å². The van der Waals surface area contributed by atoms with Gasteiger partial charge in [-0.25, -0.2) is 0 Å². The Morgan fingerprint density at radius 2 is 2.05 bits per heavy atom. The fraction of sp³-hybridized carbons (Fsp3) is 0.286. The first-order valence-electron chi connectivity index (χ1n) is 6.03. The number of esters is 1. The SMILES string of the molecule is COC(=O)Cc1ccccc1Cn1cc(C)c(N)n1. The number of nitrogen functional groups attached to an aromatic ring is 1. The number of carbonyl (C=O) groups is 1. The summed E-state index contributed by atoms with van der Waals surface area (Å²) in [5.41, 5.74) is 8.66. The van der Waals surface area contributed by atoms with Crippen LogP contribution in [-0.2, 0) is 22.5 Å². The normalized spacial score (nSPS) is 10.4. The summed E-state index contributed by atoms with van der Waals surface area (Å²) < 4.78 is 6.48. The minimum atomic E-state index is -0.247. The van der Waals surface area contributed by atoms with Crippen molar-refractivity contribution in [3.63, 3.8) is 0 Å². The van der Waals surface area contributed by atoms with Crippen LogP contribution in [0, 0.1) is 6.92 Å². The van der Waals surface area contributed by atoms with E-state index in [4.69, 9.17) is 10.5 Å². The Hall–Kier alpha value is -2.30. The van der Waals surface area contributed by atoms with Crippen LogP contribution < -0.4 is 5.73 Å². The van der Waals surface area contributed by atoms with Crippen LogP contribution in [0.25, 0.3) is 0 Å². The van der Waals surface area contributed by atoms with Crippen molar-refractivity contribution in [2.75, 3.05) is 12.8 Å². The highest BCUT2D eigenvalue weighted by atomic mass is 16.5. The van der Waals surface area contributed by atoms with E-state index in [0.717, 1.165) is 16.7 Å². The van der Waals surface area contributed by atoms with Crippen LogP contribution in [-0.4, -0.2) is 22.9 Å². The predicted octanol–water partition coefficient (Wildman–Crippen LogP) is 1.54. The molecule has 0 saturated heterocycles. The van der Waals surface area contributed by atoms with E-state index in [1.165, 1.54) is 7.11 Å². The third kappa shape index (κ3) is 3.13. The van der Waals surface area contributed by atoms with Gasteiger partial charge >= 0.3 is 5.97 Å². The second-order valence-electron chi connectivity index (χ2n) is 4.42. The standard InChI is InChI=1S/C14H17N3O2/c1-10-8-17(16-14(10)15)9-12-6-4-3-5-11(12)7-13(18)19-2/h3-6,8H,7,9H2,1-2H3,(H2,15,16). The molecule has 0 saturated carbocycles. The molecule has 0 unspecified atom stereocenters. The van der Waals surface area contributed by atoms with E-state index >= 15 is 0 Å². The van der Waals surface area contributed by atoms with Crippen LogP contribution in [0.5, 0.6) is 0 Å². The molecule has 0 radical (unpaired) electrons. The quantitative estimate of drug-likeness (QED) is 0.845. The van der Waals surface area contributed by atoms with E-state index in [-0.39, 0.29) is 12.4 Å². The van der Waals surface area contributed by atoms with Gasteiger partial charge in [0.25, 0.3) is 0 Å². The van der Waals surface area contributed by atoms with Crippen LogP contribution >= 0.6 is 0 Å². The zero-order valence-corrected chi connectivity index (χ0v) is 11.1. The fourth-order valence-corrected chi connectivity index (χ4v) is 1.90. The Balaban J connectivity index is 2.22. The Kier molecular flexibility index (Phi) is 3.85. The van der Waals surface area contributed by atoms with Gasteiger partial charge in [-0.3, -0.25) is 9.48 Å². The van der Waals surface area contributed by atoms with Crippen molar-refractivity contribution in [3.05, 3.63) is 47.2 Å². The fourth-order valence-electron chi connectivity index (χ4n) is 1.90. The number of anilines is 1. The van der Waals surface area contributed by atoms with E-state index in [1.54, 1.807) is 4.68 Å². The highest BCUT2D eigenvalue weighted by Crippen LogP contribution is 2.14. The maximum atomic E-state index is 11.4. The molecule has 1 aromatic carbocycles. The predicted molar refractivity (Wildman–Crippen MR) is 72.6 cm³/mol. The van der Waals surface area contributed by atoms with Gasteiger partial charge in [-0.1, -0.05) is 24.3 Å². The molecule has 2 rings (SSSR count). The topological polar surface area (TPSA) is 70.1 Å². The Morgan fingerprint density at radius 1 is 1.37 bits per heavy atom. The largest absolute Gasteiger partial charge is 0.469 e. The monoisotopic (exact) mass is 259 g/mol. The lowest BCUT2D eigenvalue weighted by Gasteiger charge is -2.08. The maximum Gasteiger partial charge on any atom is 0.309 e. The summed E-state index contributed by atoms with van der Waals surface area (Å²) in [6.07, 6.45) is 2.16. The zero-order chi connectivity index (χ0) is 13.8. The van der Waals surface area contributed by atoms with Crippen molar-refractivity contribution < 1.29 is 9.53 Å². The van der Waals surface area contributed by atoms with Gasteiger partial charge in [-0.05, 0) is 18.1 Å². The molecule has 2 aromatic rings. The van der Waals surface area contributed by atoms with E-state index in [9.17, 15) is 4.79 Å². The van der Waals surface area contributed by atoms with E-state index in [1.807, 2.05) is 37.4 Å². The minimum absolute atomic E-state index is 0.247. The lowest BCUT2D eigenvalue weighted by molar-refractivity contribution is -0.139. The van der Waals surface area contributed by atoms with Crippen LogP contribution in [0.2, 0.25) is 0 Å². The van der Waals surface area contributed by atoms with Crippen molar-refractivity contribution >= 4 is 11.8 Å². The summed E-state index contributed by atoms with van der Waals surface area (Å²) in [5.74, 6) is 0.286. The molecule has 0 aliphatic rings. The second kappa shape index (κ2) is 5.56. The number of rotatable bonds is 4. The number of hydrogen-bond acceptors (Lipinski definition) is 4. The number of ether oxygens (including phenoxy) is 1. The van der Waals surface area contributed by atoms with Crippen LogP contribution in [0.4, 0.5) is 5.82 Å². The van der Waals surface area contributed by atoms with Gasteiger partial charge in [0, 0.05) is 11.8 Å². The molecule has 0 aliphatic carbocycles. The molecule has 1 aromatic heterocycles. The molecule has 1 heterocycles. The number of nitrogens with two attached hydrogens (primary N) is 1. The zero-order valence-electron chi connectivity index (χ0n) is 11.1. The number of aryl methyl sites for hydroxylation is 1. The first-order valence-corrected chi connectivity index (χ1v) is 6.03. The molecule has 100 valence electrons. The molecule has 0 fully saturated rings. The van der Waals surface area contributed by atoms with Gasteiger partial charge in [-0.15, -0.1) is 0 Å². The smallest absolute Gasteiger partial charge is 0.309 e. The molecule has 5 nitrogen and oxygen atoms in total. The molecule has 0 bridgehead atoms. The van der Waals surface area contributed by atoms with Gasteiger partial charge in [0.05, 0.1) is 20.1 Å². The van der Waals surface area contributed by atoms with Crippen molar-refractivity contribution in [1.82, 2.24) is 9.78 Å². The summed E-state index contributed by atoms with van der Waals surface area (Å²) >= 11 is 0. The molecular formula is C14H17N3O2. The lowest BCUT2D eigenvalue weighted by atomic mass is 10.0. The first kappa shape index (κ1) is 13.1. The summed E-state index contributed by atoms with van der Waals surface area (Å²) in [7, 11) is 1.39. The minimum Gasteiger partial charge on any atom is -0.469 e. The van der Waals surface area contributed by atoms with E-state index < -0.39 is 0 Å². The Bertz CT molecular complexity index is 571. The second-order valence-corrected chi connectivity index (χ2v) is 4.42. The number of carbonyl (C=O) groups excluding carboxylic acids is 1. The van der Waals surface area contributed by atoms with Crippen molar-refractivity contribution in [2.24, 2.45) is 0 Å². The van der Waals surface area contributed by atoms with E-state index in [0.29, 0.717) is 12.4 Å². The van der Waals surface area contributed by atoms with Gasteiger partial charge in [0.2, 0.25) is 0 Å². The first-order chi connectivity index (χ1) is 9.10. The molecule has 5 heteroatoms. The number of nitrogens with zero attached hydrogens (tertiary/aromatic N) is 2. The van der Waals surface area contributed by atoms with Gasteiger partial charge in [0.1, 0.15) is 5.82 Å². The Labute approximate surface area is 112 Å². The third-order valence-electron chi connectivity index (χ3n) is 3.00. The van der Waals surface area contributed by atoms with Crippen molar-refractivity contribution in [1.29, 1.82) is 0 Å². The number of aromatic nitrogens is 2.